The minimum Gasteiger partial charge on any atom is -0.369 e. The van der Waals surface area contributed by atoms with Gasteiger partial charge in [-0.1, -0.05) is 25.0 Å². The third-order valence-corrected chi connectivity index (χ3v) is 6.61. The topological polar surface area (TPSA) is 127 Å². The van der Waals surface area contributed by atoms with E-state index < -0.39 is 21.2 Å². The molecular formula is C20H22N4O3S. The number of benzene rings is 1. The van der Waals surface area contributed by atoms with Crippen LogP contribution in [0.5, 0.6) is 0 Å². The second-order valence-electron chi connectivity index (χ2n) is 7.37. The van der Waals surface area contributed by atoms with Crippen LogP contribution in [-0.2, 0) is 20.0 Å². The molecule has 1 atom stereocenters. The molecule has 1 aliphatic carbocycles. The van der Waals surface area contributed by atoms with E-state index in [4.69, 9.17) is 5.73 Å². The molecule has 0 unspecified atom stereocenters. The van der Waals surface area contributed by atoms with Gasteiger partial charge in [-0.25, -0.2) is 13.4 Å². The first-order valence-corrected chi connectivity index (χ1v) is 10.9. The Labute approximate surface area is 164 Å². The lowest BCUT2D eigenvalue weighted by atomic mass is 9.76. The SMILES string of the molecule is C[C@@](C(N)=O)(c1ccc(S(C)(=O)=O)cc1)c1ncc(C#N)nc1C1CCCC1. The van der Waals surface area contributed by atoms with Crippen molar-refractivity contribution in [2.45, 2.75) is 48.8 Å². The summed E-state index contributed by atoms with van der Waals surface area (Å²) in [6.45, 7) is 1.67. The largest absolute Gasteiger partial charge is 0.369 e. The van der Waals surface area contributed by atoms with Crippen LogP contribution in [0.4, 0.5) is 0 Å². The Morgan fingerprint density at radius 3 is 2.36 bits per heavy atom. The third kappa shape index (κ3) is 3.50. The summed E-state index contributed by atoms with van der Waals surface area (Å²) >= 11 is 0. The molecule has 0 bridgehead atoms. The van der Waals surface area contributed by atoms with Crippen molar-refractivity contribution in [2.24, 2.45) is 5.73 Å². The number of primary amides is 1. The summed E-state index contributed by atoms with van der Waals surface area (Å²) in [7, 11) is -3.36. The lowest BCUT2D eigenvalue weighted by Gasteiger charge is -2.29. The molecule has 1 aromatic heterocycles. The molecule has 1 heterocycles. The van der Waals surface area contributed by atoms with Crippen molar-refractivity contribution in [3.8, 4) is 6.07 Å². The summed E-state index contributed by atoms with van der Waals surface area (Å²) in [5.41, 5.74) is 6.30. The highest BCUT2D eigenvalue weighted by atomic mass is 32.2. The van der Waals surface area contributed by atoms with Gasteiger partial charge in [0, 0.05) is 12.2 Å². The Balaban J connectivity index is 2.19. The number of nitrogens with two attached hydrogens (primary N) is 1. The first-order valence-electron chi connectivity index (χ1n) is 9.06. The average molecular weight is 398 g/mol. The van der Waals surface area contributed by atoms with Crippen LogP contribution in [0.3, 0.4) is 0 Å². The number of carbonyl (C=O) groups excluding carboxylic acids is 1. The Bertz CT molecular complexity index is 1050. The van der Waals surface area contributed by atoms with E-state index >= 15 is 0 Å². The molecule has 0 spiro atoms. The van der Waals surface area contributed by atoms with Crippen molar-refractivity contribution >= 4 is 15.7 Å². The fraction of sp³-hybridized carbons (Fsp3) is 0.400. The zero-order chi connectivity index (χ0) is 20.5. The summed E-state index contributed by atoms with van der Waals surface area (Å²) in [6, 6.07) is 8.08. The van der Waals surface area contributed by atoms with Crippen molar-refractivity contribution in [1.82, 2.24) is 9.97 Å². The number of carbonyl (C=O) groups is 1. The zero-order valence-corrected chi connectivity index (χ0v) is 16.7. The van der Waals surface area contributed by atoms with Gasteiger partial charge in [0.15, 0.2) is 15.5 Å². The molecular weight excluding hydrogens is 376 g/mol. The molecule has 0 saturated heterocycles. The van der Waals surface area contributed by atoms with Crippen LogP contribution < -0.4 is 5.73 Å². The molecule has 3 rings (SSSR count). The van der Waals surface area contributed by atoms with Gasteiger partial charge in [-0.15, -0.1) is 0 Å². The Morgan fingerprint density at radius 2 is 1.86 bits per heavy atom. The van der Waals surface area contributed by atoms with E-state index in [9.17, 15) is 18.5 Å². The first-order chi connectivity index (χ1) is 13.2. The van der Waals surface area contributed by atoms with Crippen LogP contribution in [0.1, 0.15) is 61.2 Å². The second kappa shape index (κ2) is 7.32. The summed E-state index contributed by atoms with van der Waals surface area (Å²) in [5, 5.41) is 9.23. The highest BCUT2D eigenvalue weighted by Gasteiger charge is 2.41. The van der Waals surface area contributed by atoms with Crippen LogP contribution in [-0.4, -0.2) is 30.5 Å². The van der Waals surface area contributed by atoms with Crippen molar-refractivity contribution in [3.63, 3.8) is 0 Å². The van der Waals surface area contributed by atoms with Crippen molar-refractivity contribution in [2.75, 3.05) is 6.26 Å². The first kappa shape index (κ1) is 20.0. The van der Waals surface area contributed by atoms with E-state index in [0.717, 1.165) is 31.9 Å². The van der Waals surface area contributed by atoms with E-state index in [0.29, 0.717) is 17.0 Å². The van der Waals surface area contributed by atoms with Gasteiger partial charge in [-0.05, 0) is 37.5 Å². The van der Waals surface area contributed by atoms with E-state index in [1.165, 1.54) is 18.3 Å². The summed E-state index contributed by atoms with van der Waals surface area (Å²) in [6.07, 6.45) is 6.41. The maximum absolute atomic E-state index is 12.6. The molecule has 1 aromatic carbocycles. The van der Waals surface area contributed by atoms with Gasteiger partial charge in [0.25, 0.3) is 0 Å². The van der Waals surface area contributed by atoms with E-state index in [1.54, 1.807) is 19.1 Å². The molecule has 0 radical (unpaired) electrons. The second-order valence-corrected chi connectivity index (χ2v) is 9.38. The van der Waals surface area contributed by atoms with E-state index in [2.05, 4.69) is 9.97 Å². The Hall–Kier alpha value is -2.79. The van der Waals surface area contributed by atoms with Gasteiger partial charge in [0.05, 0.1) is 22.5 Å². The molecule has 28 heavy (non-hydrogen) atoms. The fourth-order valence-corrected chi connectivity index (χ4v) is 4.39. The van der Waals surface area contributed by atoms with Crippen LogP contribution >= 0.6 is 0 Å². The lowest BCUT2D eigenvalue weighted by molar-refractivity contribution is -0.121. The number of amides is 1. The van der Waals surface area contributed by atoms with Gasteiger partial charge < -0.3 is 5.73 Å². The van der Waals surface area contributed by atoms with E-state index in [1.807, 2.05) is 6.07 Å². The minimum absolute atomic E-state index is 0.116. The van der Waals surface area contributed by atoms with Crippen LogP contribution in [0.15, 0.2) is 35.4 Å². The van der Waals surface area contributed by atoms with Crippen molar-refractivity contribution in [1.29, 1.82) is 5.26 Å². The molecule has 0 aliphatic heterocycles. The van der Waals surface area contributed by atoms with Crippen molar-refractivity contribution in [3.05, 3.63) is 53.1 Å². The number of hydrogen-bond acceptors (Lipinski definition) is 6. The normalized spacial score (nSPS) is 17.0. The molecule has 146 valence electrons. The van der Waals surface area contributed by atoms with Crippen LogP contribution in [0, 0.1) is 11.3 Å². The van der Waals surface area contributed by atoms with Gasteiger partial charge in [0.2, 0.25) is 5.91 Å². The molecule has 1 aliphatic rings. The highest BCUT2D eigenvalue weighted by Crippen LogP contribution is 2.40. The Kier molecular flexibility index (Phi) is 5.22. The number of hydrogen-bond donors (Lipinski definition) is 1. The predicted octanol–water partition coefficient (Wildman–Crippen LogP) is 2.20. The third-order valence-electron chi connectivity index (χ3n) is 5.48. The van der Waals surface area contributed by atoms with Crippen molar-refractivity contribution < 1.29 is 13.2 Å². The molecule has 1 fully saturated rings. The summed E-state index contributed by atoms with van der Waals surface area (Å²) in [5.74, 6) is -0.498. The molecule has 1 amide bonds. The predicted molar refractivity (Wildman–Crippen MR) is 103 cm³/mol. The number of sulfone groups is 1. The fourth-order valence-electron chi connectivity index (χ4n) is 3.76. The lowest BCUT2D eigenvalue weighted by Crippen LogP contribution is -2.41. The number of rotatable bonds is 5. The standard InChI is InChI=1S/C20H22N4O3S/c1-20(19(22)25,14-7-9-16(10-8-14)28(2,26)27)18-17(13-5-3-4-6-13)24-15(11-21)12-23-18/h7-10,12-13H,3-6H2,1-2H3,(H2,22,25)/t20-/m1/s1. The molecule has 7 nitrogen and oxygen atoms in total. The van der Waals surface area contributed by atoms with Crippen LogP contribution in [0.25, 0.3) is 0 Å². The maximum atomic E-state index is 12.6. The Morgan fingerprint density at radius 1 is 1.25 bits per heavy atom. The molecule has 1 saturated carbocycles. The molecule has 8 heteroatoms. The van der Waals surface area contributed by atoms with E-state index in [-0.39, 0.29) is 16.5 Å². The molecule has 2 N–H and O–H groups in total. The monoisotopic (exact) mass is 398 g/mol. The number of nitrogens with zero attached hydrogens (tertiary/aromatic N) is 3. The number of aromatic nitrogens is 2. The highest BCUT2D eigenvalue weighted by molar-refractivity contribution is 7.90. The van der Waals surface area contributed by atoms with Crippen LogP contribution in [0.2, 0.25) is 0 Å². The zero-order valence-electron chi connectivity index (χ0n) is 15.8. The van der Waals surface area contributed by atoms with Gasteiger partial charge in [-0.3, -0.25) is 9.78 Å². The molecule has 2 aromatic rings. The smallest absolute Gasteiger partial charge is 0.233 e. The summed E-state index contributed by atoms with van der Waals surface area (Å²) < 4.78 is 23.5. The van der Waals surface area contributed by atoms with Gasteiger partial charge >= 0.3 is 0 Å². The van der Waals surface area contributed by atoms with Gasteiger partial charge in [-0.2, -0.15) is 5.26 Å². The quantitative estimate of drug-likeness (QED) is 0.822. The van der Waals surface area contributed by atoms with Gasteiger partial charge in [0.1, 0.15) is 11.5 Å². The minimum atomic E-state index is -3.36. The average Bonchev–Trinajstić information content (AvgIpc) is 3.21. The maximum Gasteiger partial charge on any atom is 0.233 e. The summed E-state index contributed by atoms with van der Waals surface area (Å²) in [4.78, 5) is 21.7. The number of nitriles is 1.